The number of nitrogens with zero attached hydrogens (tertiary/aromatic N) is 1. The summed E-state index contributed by atoms with van der Waals surface area (Å²) in [5.41, 5.74) is 1.45. The van der Waals surface area contributed by atoms with Crippen LogP contribution < -0.4 is 15.4 Å². The Morgan fingerprint density at radius 2 is 2.11 bits per heavy atom. The number of aryl methyl sites for hydroxylation is 1. The zero-order chi connectivity index (χ0) is 19.7. The average molecular weight is 515 g/mol. The number of guanidine groups is 1. The molecule has 1 fully saturated rings. The number of halogens is 4. The minimum Gasteiger partial charge on any atom is -0.484 e. The Kier molecular flexibility index (Phi) is 10.9. The van der Waals surface area contributed by atoms with E-state index in [1.54, 1.807) is 12.1 Å². The lowest BCUT2D eigenvalue weighted by molar-refractivity contribution is -0.153. The summed E-state index contributed by atoms with van der Waals surface area (Å²) in [6, 6.07) is 5.19. The first kappa shape index (κ1) is 24.8. The van der Waals surface area contributed by atoms with E-state index in [1.165, 1.54) is 0 Å². The van der Waals surface area contributed by atoms with E-state index in [0.29, 0.717) is 24.2 Å². The van der Waals surface area contributed by atoms with Gasteiger partial charge in [0.05, 0.1) is 12.6 Å². The molecule has 1 aliphatic rings. The highest BCUT2D eigenvalue weighted by atomic mass is 127. The van der Waals surface area contributed by atoms with Gasteiger partial charge in [0.1, 0.15) is 5.75 Å². The van der Waals surface area contributed by atoms with Crippen LogP contribution in [-0.2, 0) is 11.3 Å². The van der Waals surface area contributed by atoms with Crippen molar-refractivity contribution in [2.24, 2.45) is 4.99 Å². The maximum absolute atomic E-state index is 12.5. The van der Waals surface area contributed by atoms with E-state index in [0.717, 1.165) is 38.0 Å². The van der Waals surface area contributed by atoms with E-state index in [4.69, 9.17) is 9.47 Å². The summed E-state index contributed by atoms with van der Waals surface area (Å²) in [5.74, 6) is 0.837. The summed E-state index contributed by atoms with van der Waals surface area (Å²) in [4.78, 5) is 4.47. The smallest absolute Gasteiger partial charge is 0.422 e. The Balaban J connectivity index is 0.00000392. The quantitative estimate of drug-likeness (QED) is 0.310. The fraction of sp³-hybridized carbons (Fsp3) is 0.632. The number of aliphatic imine (C=N–C) groups is 1. The number of ether oxygens (including phenoxy) is 2. The lowest BCUT2D eigenvalue weighted by atomic mass is 10.1. The molecule has 0 aromatic heterocycles. The summed E-state index contributed by atoms with van der Waals surface area (Å²) in [7, 11) is 0. The summed E-state index contributed by atoms with van der Waals surface area (Å²) in [6.07, 6.45) is -0.997. The monoisotopic (exact) mass is 515 g/mol. The SMILES string of the molecule is CCNC(=NCc1ccc(C)cc1OCC(F)(F)F)NCCC1CCCO1.I. The molecule has 0 spiro atoms. The molecule has 1 atom stereocenters. The molecule has 28 heavy (non-hydrogen) atoms. The number of nitrogens with one attached hydrogen (secondary N) is 2. The van der Waals surface area contributed by atoms with Gasteiger partial charge in [-0.2, -0.15) is 13.2 Å². The summed E-state index contributed by atoms with van der Waals surface area (Å²) in [6.45, 7) is 4.92. The average Bonchev–Trinajstić information content (AvgIpc) is 3.11. The van der Waals surface area contributed by atoms with Crippen molar-refractivity contribution in [1.82, 2.24) is 10.6 Å². The first-order valence-electron chi connectivity index (χ1n) is 9.30. The highest BCUT2D eigenvalue weighted by Crippen LogP contribution is 2.24. The molecule has 1 saturated heterocycles. The van der Waals surface area contributed by atoms with Gasteiger partial charge in [-0.1, -0.05) is 12.1 Å². The number of rotatable bonds is 8. The molecule has 0 amide bonds. The van der Waals surface area contributed by atoms with Gasteiger partial charge < -0.3 is 20.1 Å². The Bertz CT molecular complexity index is 621. The fourth-order valence-electron chi connectivity index (χ4n) is 2.82. The Labute approximate surface area is 181 Å². The van der Waals surface area contributed by atoms with Crippen LogP contribution >= 0.6 is 24.0 Å². The lowest BCUT2D eigenvalue weighted by Gasteiger charge is -2.15. The van der Waals surface area contributed by atoms with E-state index in [9.17, 15) is 13.2 Å². The lowest BCUT2D eigenvalue weighted by Crippen LogP contribution is -2.38. The van der Waals surface area contributed by atoms with Gasteiger partial charge in [-0.05, 0) is 44.7 Å². The van der Waals surface area contributed by atoms with Crippen molar-refractivity contribution in [3.63, 3.8) is 0 Å². The topological polar surface area (TPSA) is 54.9 Å². The first-order valence-corrected chi connectivity index (χ1v) is 9.30. The van der Waals surface area contributed by atoms with Crippen LogP contribution in [0.25, 0.3) is 0 Å². The zero-order valence-corrected chi connectivity index (χ0v) is 18.6. The number of benzene rings is 1. The standard InChI is InChI=1S/C19H28F3N3O2.HI/c1-3-23-18(24-9-8-16-5-4-10-26-16)25-12-15-7-6-14(2)11-17(15)27-13-19(20,21)22;/h6-7,11,16H,3-5,8-10,12-13H2,1-2H3,(H2,23,24,25);1H. The molecule has 1 heterocycles. The van der Waals surface area contributed by atoms with Crippen molar-refractivity contribution < 1.29 is 22.6 Å². The van der Waals surface area contributed by atoms with Gasteiger partial charge in [0.2, 0.25) is 0 Å². The fourth-order valence-corrected chi connectivity index (χ4v) is 2.82. The van der Waals surface area contributed by atoms with Crippen LogP contribution in [0, 0.1) is 6.92 Å². The second-order valence-electron chi connectivity index (χ2n) is 6.56. The molecular formula is C19H29F3IN3O2. The van der Waals surface area contributed by atoms with E-state index >= 15 is 0 Å². The van der Waals surface area contributed by atoms with Gasteiger partial charge in [-0.3, -0.25) is 0 Å². The van der Waals surface area contributed by atoms with Gasteiger partial charge in [0.25, 0.3) is 0 Å². The largest absolute Gasteiger partial charge is 0.484 e. The van der Waals surface area contributed by atoms with Crippen LogP contribution in [0.1, 0.15) is 37.3 Å². The minimum atomic E-state index is -4.37. The van der Waals surface area contributed by atoms with Gasteiger partial charge in [-0.25, -0.2) is 4.99 Å². The third-order valence-corrected chi connectivity index (χ3v) is 4.15. The van der Waals surface area contributed by atoms with Crippen LogP contribution in [-0.4, -0.2) is 44.5 Å². The number of hydrogen-bond donors (Lipinski definition) is 2. The van der Waals surface area contributed by atoms with E-state index < -0.39 is 12.8 Å². The van der Waals surface area contributed by atoms with Crippen molar-refractivity contribution in [2.75, 3.05) is 26.3 Å². The molecular weight excluding hydrogens is 486 g/mol. The van der Waals surface area contributed by atoms with Gasteiger partial charge in [0.15, 0.2) is 12.6 Å². The van der Waals surface area contributed by atoms with Crippen LogP contribution in [0.15, 0.2) is 23.2 Å². The molecule has 0 saturated carbocycles. The minimum absolute atomic E-state index is 0. The van der Waals surface area contributed by atoms with Crippen LogP contribution in [0.3, 0.4) is 0 Å². The molecule has 2 N–H and O–H groups in total. The summed E-state index contributed by atoms with van der Waals surface area (Å²) < 4.78 is 48.0. The molecule has 1 unspecified atom stereocenters. The predicted octanol–water partition coefficient (Wildman–Crippen LogP) is 4.18. The molecule has 160 valence electrons. The maximum Gasteiger partial charge on any atom is 0.422 e. The summed E-state index contributed by atoms with van der Waals surface area (Å²) in [5, 5.41) is 6.39. The second kappa shape index (κ2) is 12.4. The van der Waals surface area contributed by atoms with Crippen molar-refractivity contribution in [2.45, 2.75) is 51.9 Å². The highest BCUT2D eigenvalue weighted by Gasteiger charge is 2.28. The predicted molar refractivity (Wildman–Crippen MR) is 115 cm³/mol. The number of hydrogen-bond acceptors (Lipinski definition) is 3. The van der Waals surface area contributed by atoms with Crippen molar-refractivity contribution >= 4 is 29.9 Å². The molecule has 0 bridgehead atoms. The third kappa shape index (κ3) is 9.31. The first-order chi connectivity index (χ1) is 12.9. The molecule has 5 nitrogen and oxygen atoms in total. The van der Waals surface area contributed by atoms with E-state index in [1.807, 2.05) is 19.9 Å². The highest BCUT2D eigenvalue weighted by molar-refractivity contribution is 14.0. The third-order valence-electron chi connectivity index (χ3n) is 4.15. The Morgan fingerprint density at radius 1 is 1.32 bits per heavy atom. The van der Waals surface area contributed by atoms with Crippen molar-refractivity contribution in [1.29, 1.82) is 0 Å². The molecule has 0 radical (unpaired) electrons. The van der Waals surface area contributed by atoms with Crippen molar-refractivity contribution in [3.8, 4) is 5.75 Å². The number of alkyl halides is 3. The Hall–Kier alpha value is -1.23. The van der Waals surface area contributed by atoms with Crippen LogP contribution in [0.4, 0.5) is 13.2 Å². The Morgan fingerprint density at radius 3 is 2.75 bits per heavy atom. The van der Waals surface area contributed by atoms with Crippen LogP contribution in [0.5, 0.6) is 5.75 Å². The summed E-state index contributed by atoms with van der Waals surface area (Å²) >= 11 is 0. The van der Waals surface area contributed by atoms with Crippen molar-refractivity contribution in [3.05, 3.63) is 29.3 Å². The van der Waals surface area contributed by atoms with Gasteiger partial charge >= 0.3 is 6.18 Å². The van der Waals surface area contributed by atoms with E-state index in [-0.39, 0.29) is 36.3 Å². The van der Waals surface area contributed by atoms with E-state index in [2.05, 4.69) is 15.6 Å². The molecule has 9 heteroatoms. The molecule has 1 aromatic rings. The molecule has 0 aliphatic carbocycles. The van der Waals surface area contributed by atoms with Crippen LogP contribution in [0.2, 0.25) is 0 Å². The molecule has 1 aliphatic heterocycles. The zero-order valence-electron chi connectivity index (χ0n) is 16.3. The maximum atomic E-state index is 12.5. The molecule has 2 rings (SSSR count). The van der Waals surface area contributed by atoms with Gasteiger partial charge in [-0.15, -0.1) is 24.0 Å². The van der Waals surface area contributed by atoms with Gasteiger partial charge in [0, 0.05) is 25.3 Å². The second-order valence-corrected chi connectivity index (χ2v) is 6.56. The molecule has 1 aromatic carbocycles. The normalized spacial score (nSPS) is 17.2.